The highest BCUT2D eigenvalue weighted by molar-refractivity contribution is 9.10. The zero-order chi connectivity index (χ0) is 24.6. The third kappa shape index (κ3) is 7.44. The molecular formula is C21H25BrN5O6P. The van der Waals surface area contributed by atoms with Gasteiger partial charge in [-0.1, -0.05) is 34.1 Å². The van der Waals surface area contributed by atoms with Crippen LogP contribution in [0.15, 0.2) is 52.5 Å². The standard InChI is InChI=1S/C21H25BrN5O6P/c1-2-4-17(28)13-33-34(30,32-12-15-5-3-6-16(22)11-15)10-9-31-8-7-27-14-24-18-19(27)25-21(23)26-20(18)29/h2-3,5-6,11,14H,1,4,7-10,12-13H2,(H3,23,25,26,29). The van der Waals surface area contributed by atoms with Gasteiger partial charge < -0.3 is 24.1 Å². The van der Waals surface area contributed by atoms with Gasteiger partial charge in [0.1, 0.15) is 6.61 Å². The predicted octanol–water partition coefficient (Wildman–Crippen LogP) is 3.05. The number of imidazole rings is 1. The van der Waals surface area contributed by atoms with Crippen LogP contribution >= 0.6 is 23.5 Å². The highest BCUT2D eigenvalue weighted by atomic mass is 79.9. The van der Waals surface area contributed by atoms with Gasteiger partial charge >= 0.3 is 7.60 Å². The first kappa shape index (κ1) is 26.0. The summed E-state index contributed by atoms with van der Waals surface area (Å²) in [6.07, 6.45) is 2.99. The maximum absolute atomic E-state index is 13.2. The van der Waals surface area contributed by atoms with Crippen LogP contribution in [0, 0.1) is 0 Å². The number of hydrogen-bond acceptors (Lipinski definition) is 9. The lowest BCUT2D eigenvalue weighted by atomic mass is 10.2. The Morgan fingerprint density at radius 3 is 2.91 bits per heavy atom. The SMILES string of the molecule is C=CCC(=O)COP(=O)(CCOCCn1cnc2c(=O)[nH]c(N)nc21)OCc1cccc(Br)c1. The summed E-state index contributed by atoms with van der Waals surface area (Å²) in [6.45, 7) is 3.85. The third-order valence-corrected chi connectivity index (χ3v) is 6.86. The molecule has 3 N–H and O–H groups in total. The number of rotatable bonds is 14. The molecule has 0 aliphatic rings. The summed E-state index contributed by atoms with van der Waals surface area (Å²) in [5.41, 5.74) is 6.49. The van der Waals surface area contributed by atoms with Gasteiger partial charge in [0.05, 0.1) is 32.3 Å². The molecule has 0 spiro atoms. The number of Topliss-reactive ketones (excluding diaryl/α,β-unsaturated/α-hetero) is 1. The number of nitrogens with one attached hydrogen (secondary N) is 1. The first-order valence-electron chi connectivity index (χ1n) is 10.3. The van der Waals surface area contributed by atoms with Gasteiger partial charge in [0.15, 0.2) is 16.9 Å². The fourth-order valence-corrected chi connectivity index (χ4v) is 4.75. The van der Waals surface area contributed by atoms with Gasteiger partial charge in [0.2, 0.25) is 5.95 Å². The molecule has 0 bridgehead atoms. The van der Waals surface area contributed by atoms with E-state index in [1.807, 2.05) is 24.3 Å². The average Bonchev–Trinajstić information content (AvgIpc) is 3.20. The van der Waals surface area contributed by atoms with Gasteiger partial charge in [-0.3, -0.25) is 19.1 Å². The molecule has 0 saturated carbocycles. The topological polar surface area (TPSA) is 151 Å². The minimum absolute atomic E-state index is 0.00754. The van der Waals surface area contributed by atoms with Gasteiger partial charge in [0.25, 0.3) is 5.56 Å². The number of nitrogens with zero attached hydrogens (tertiary/aromatic N) is 3. The molecule has 0 saturated heterocycles. The summed E-state index contributed by atoms with van der Waals surface area (Å²) < 4.78 is 32.3. The molecule has 0 fully saturated rings. The van der Waals surface area contributed by atoms with E-state index in [0.29, 0.717) is 12.2 Å². The number of aromatic amines is 1. The zero-order valence-corrected chi connectivity index (χ0v) is 20.8. The predicted molar refractivity (Wildman–Crippen MR) is 131 cm³/mol. The van der Waals surface area contributed by atoms with Crippen molar-refractivity contribution in [2.75, 3.05) is 31.7 Å². The van der Waals surface area contributed by atoms with E-state index in [0.717, 1.165) is 10.0 Å². The van der Waals surface area contributed by atoms with Crippen LogP contribution in [0.5, 0.6) is 0 Å². The Bertz CT molecular complexity index is 1260. The van der Waals surface area contributed by atoms with Crippen LogP contribution in [-0.2, 0) is 36.3 Å². The number of carbonyl (C=O) groups is 1. The molecule has 13 heteroatoms. The summed E-state index contributed by atoms with van der Waals surface area (Å²) in [7, 11) is -3.62. The molecule has 0 amide bonds. The second-order valence-electron chi connectivity index (χ2n) is 7.22. The van der Waals surface area contributed by atoms with Crippen molar-refractivity contribution < 1.29 is 23.1 Å². The molecule has 34 heavy (non-hydrogen) atoms. The van der Waals surface area contributed by atoms with Crippen molar-refractivity contribution in [2.45, 2.75) is 19.6 Å². The Balaban J connectivity index is 1.55. The maximum Gasteiger partial charge on any atom is 0.333 e. The molecule has 182 valence electrons. The lowest BCUT2D eigenvalue weighted by Crippen LogP contribution is -2.14. The number of aromatic nitrogens is 4. The number of ketones is 1. The Morgan fingerprint density at radius 1 is 1.32 bits per heavy atom. The Labute approximate surface area is 204 Å². The maximum atomic E-state index is 13.2. The normalized spacial score (nSPS) is 13.1. The Kier molecular flexibility index (Phi) is 9.31. The van der Waals surface area contributed by atoms with E-state index in [-0.39, 0.29) is 56.3 Å². The molecule has 0 aliphatic heterocycles. The summed E-state index contributed by atoms with van der Waals surface area (Å²) in [5, 5.41) is 0. The number of allylic oxidation sites excluding steroid dienone is 1. The molecule has 1 atom stereocenters. The van der Waals surface area contributed by atoms with Gasteiger partial charge in [-0.15, -0.1) is 6.58 Å². The van der Waals surface area contributed by atoms with Crippen LogP contribution in [0.3, 0.4) is 0 Å². The fourth-order valence-electron chi connectivity index (χ4n) is 2.93. The van der Waals surface area contributed by atoms with E-state index in [9.17, 15) is 14.2 Å². The zero-order valence-electron chi connectivity index (χ0n) is 18.3. The molecule has 1 unspecified atom stereocenters. The van der Waals surface area contributed by atoms with Crippen molar-refractivity contribution in [1.82, 2.24) is 19.5 Å². The number of H-pyrrole nitrogens is 1. The van der Waals surface area contributed by atoms with E-state index in [1.165, 1.54) is 12.4 Å². The van der Waals surface area contributed by atoms with E-state index >= 15 is 0 Å². The highest BCUT2D eigenvalue weighted by Gasteiger charge is 2.26. The number of anilines is 1. The smallest absolute Gasteiger partial charge is 0.333 e. The summed E-state index contributed by atoms with van der Waals surface area (Å²) in [4.78, 5) is 34.2. The second kappa shape index (κ2) is 12.2. The molecule has 3 rings (SSSR count). The van der Waals surface area contributed by atoms with Crippen LogP contribution in [0.25, 0.3) is 11.2 Å². The van der Waals surface area contributed by atoms with E-state index < -0.39 is 13.2 Å². The molecule has 11 nitrogen and oxygen atoms in total. The minimum atomic E-state index is -3.62. The second-order valence-corrected chi connectivity index (χ2v) is 10.3. The van der Waals surface area contributed by atoms with Crippen molar-refractivity contribution >= 4 is 46.4 Å². The summed E-state index contributed by atoms with van der Waals surface area (Å²) in [5.74, 6) is -0.261. The number of hydrogen-bond donors (Lipinski definition) is 2. The number of nitrogen functional groups attached to an aromatic ring is 1. The quantitative estimate of drug-likeness (QED) is 0.174. The number of halogens is 1. The lowest BCUT2D eigenvalue weighted by Gasteiger charge is -2.18. The van der Waals surface area contributed by atoms with Crippen molar-refractivity contribution in [1.29, 1.82) is 0 Å². The third-order valence-electron chi connectivity index (χ3n) is 4.59. The number of ether oxygens (including phenoxy) is 1. The first-order chi connectivity index (χ1) is 16.3. The van der Waals surface area contributed by atoms with Crippen molar-refractivity contribution in [3.05, 3.63) is 63.6 Å². The number of nitrogens with two attached hydrogens (primary N) is 1. The van der Waals surface area contributed by atoms with Crippen LogP contribution in [-0.4, -0.2) is 51.3 Å². The minimum Gasteiger partial charge on any atom is -0.379 e. The fraction of sp³-hybridized carbons (Fsp3) is 0.333. The number of benzene rings is 1. The number of carbonyl (C=O) groups excluding carboxylic acids is 1. The van der Waals surface area contributed by atoms with E-state index in [1.54, 1.807) is 4.57 Å². The largest absolute Gasteiger partial charge is 0.379 e. The summed E-state index contributed by atoms with van der Waals surface area (Å²) in [6, 6.07) is 7.37. The monoisotopic (exact) mass is 553 g/mol. The molecular weight excluding hydrogens is 529 g/mol. The first-order valence-corrected chi connectivity index (χ1v) is 12.9. The lowest BCUT2D eigenvalue weighted by molar-refractivity contribution is -0.120. The Hall–Kier alpha value is -2.63. The number of fused-ring (bicyclic) bond motifs is 1. The van der Waals surface area contributed by atoms with Crippen LogP contribution < -0.4 is 11.3 Å². The molecule has 0 aliphatic carbocycles. The summed E-state index contributed by atoms with van der Waals surface area (Å²) >= 11 is 3.38. The molecule has 0 radical (unpaired) electrons. The van der Waals surface area contributed by atoms with E-state index in [4.69, 9.17) is 19.5 Å². The van der Waals surface area contributed by atoms with Crippen LogP contribution in [0.4, 0.5) is 5.95 Å². The van der Waals surface area contributed by atoms with Gasteiger partial charge in [0, 0.05) is 17.4 Å². The average molecular weight is 554 g/mol. The molecule has 3 aromatic rings. The highest BCUT2D eigenvalue weighted by Crippen LogP contribution is 2.48. The molecule has 1 aromatic carbocycles. The van der Waals surface area contributed by atoms with E-state index in [2.05, 4.69) is 37.5 Å². The van der Waals surface area contributed by atoms with Gasteiger partial charge in [-0.2, -0.15) is 4.98 Å². The Morgan fingerprint density at radius 2 is 2.15 bits per heavy atom. The molecule has 2 heterocycles. The molecule has 2 aromatic heterocycles. The van der Waals surface area contributed by atoms with Crippen LogP contribution in [0.1, 0.15) is 12.0 Å². The van der Waals surface area contributed by atoms with Crippen molar-refractivity contribution in [3.8, 4) is 0 Å². The van der Waals surface area contributed by atoms with Crippen LogP contribution in [0.2, 0.25) is 0 Å². The van der Waals surface area contributed by atoms with Gasteiger partial charge in [-0.05, 0) is 17.7 Å². The van der Waals surface area contributed by atoms with Gasteiger partial charge in [-0.25, -0.2) is 4.98 Å². The van der Waals surface area contributed by atoms with Crippen molar-refractivity contribution in [3.63, 3.8) is 0 Å². The van der Waals surface area contributed by atoms with Crippen molar-refractivity contribution in [2.24, 2.45) is 0 Å².